The first kappa shape index (κ1) is 25.7. The average Bonchev–Trinajstić information content (AvgIpc) is 3.14. The molecule has 0 unspecified atom stereocenters. The molecule has 0 aliphatic rings. The fraction of sp³-hybridized carbons (Fsp3) is 0.348. The van der Waals surface area contributed by atoms with Gasteiger partial charge in [0.25, 0.3) is 5.91 Å². The van der Waals surface area contributed by atoms with Crippen LogP contribution in [0.4, 0.5) is 4.39 Å². The Kier molecular flexibility index (Phi) is 8.34. The number of carbonyl (C=O) groups is 2. The van der Waals surface area contributed by atoms with Crippen molar-refractivity contribution >= 4 is 43.5 Å². The topological polar surface area (TPSA) is 98.0 Å². The summed E-state index contributed by atoms with van der Waals surface area (Å²) in [5.74, 6) is -1.61. The molecule has 1 aromatic heterocycles. The van der Waals surface area contributed by atoms with Crippen LogP contribution in [-0.2, 0) is 26.1 Å². The normalized spacial score (nSPS) is 12.4. The lowest BCUT2D eigenvalue weighted by Gasteiger charge is -2.21. The molecule has 3 rings (SSSR count). The fourth-order valence-electron chi connectivity index (χ4n) is 3.40. The van der Waals surface area contributed by atoms with Gasteiger partial charge in [-0.25, -0.2) is 12.8 Å². The second-order valence-corrected chi connectivity index (χ2v) is 10.5. The van der Waals surface area contributed by atoms with E-state index < -0.39 is 27.7 Å². The number of rotatable bonds is 9. The van der Waals surface area contributed by atoms with Crippen molar-refractivity contribution in [2.75, 3.05) is 20.2 Å². The van der Waals surface area contributed by atoms with Gasteiger partial charge in [-0.3, -0.25) is 9.59 Å². The smallest absolute Gasteiger partial charge is 0.325 e. The summed E-state index contributed by atoms with van der Waals surface area (Å²) < 4.78 is 47.7. The van der Waals surface area contributed by atoms with Crippen LogP contribution in [0.5, 0.6) is 0 Å². The molecule has 0 spiro atoms. The van der Waals surface area contributed by atoms with Gasteiger partial charge in [-0.2, -0.15) is 9.30 Å². The largest absolute Gasteiger partial charge is 0.468 e. The number of hydrogen-bond donors (Lipinski definition) is 0. The summed E-state index contributed by atoms with van der Waals surface area (Å²) in [7, 11) is -2.42. The van der Waals surface area contributed by atoms with Crippen molar-refractivity contribution in [1.29, 1.82) is 0 Å². The number of benzene rings is 2. The van der Waals surface area contributed by atoms with Gasteiger partial charge >= 0.3 is 5.97 Å². The Hall–Kier alpha value is -2.89. The molecule has 0 saturated heterocycles. The Morgan fingerprint density at radius 3 is 2.32 bits per heavy atom. The SMILES string of the molecule is CCCN(CCC)S(=O)(=O)c1ccc(C(=O)N=c2sc3cc(F)ccc3n2CC(=O)OC)cc1. The van der Waals surface area contributed by atoms with Gasteiger partial charge in [-0.1, -0.05) is 25.2 Å². The van der Waals surface area contributed by atoms with E-state index >= 15 is 0 Å². The summed E-state index contributed by atoms with van der Waals surface area (Å²) in [4.78, 5) is 29.1. The van der Waals surface area contributed by atoms with Crippen molar-refractivity contribution in [2.24, 2.45) is 4.99 Å². The van der Waals surface area contributed by atoms with Crippen molar-refractivity contribution < 1.29 is 27.1 Å². The third kappa shape index (κ3) is 5.60. The van der Waals surface area contributed by atoms with Gasteiger partial charge in [-0.15, -0.1) is 0 Å². The zero-order valence-electron chi connectivity index (χ0n) is 19.2. The lowest BCUT2D eigenvalue weighted by Crippen LogP contribution is -2.32. The number of fused-ring (bicyclic) bond motifs is 1. The number of methoxy groups -OCH3 is 1. The third-order valence-corrected chi connectivity index (χ3v) is 8.00. The number of aromatic nitrogens is 1. The van der Waals surface area contributed by atoms with Gasteiger partial charge in [-0.05, 0) is 55.3 Å². The van der Waals surface area contributed by atoms with Crippen LogP contribution in [0, 0.1) is 5.82 Å². The molecule has 0 radical (unpaired) electrons. The van der Waals surface area contributed by atoms with E-state index in [-0.39, 0.29) is 21.8 Å². The van der Waals surface area contributed by atoms with Crippen LogP contribution in [0.3, 0.4) is 0 Å². The molecule has 0 atom stereocenters. The van der Waals surface area contributed by atoms with Crippen LogP contribution in [0.2, 0.25) is 0 Å². The third-order valence-electron chi connectivity index (χ3n) is 5.04. The molecule has 3 aromatic rings. The summed E-state index contributed by atoms with van der Waals surface area (Å²) in [6.45, 7) is 4.46. The minimum atomic E-state index is -3.67. The zero-order valence-corrected chi connectivity index (χ0v) is 20.8. The second-order valence-electron chi connectivity index (χ2n) is 7.50. The Labute approximate surface area is 201 Å². The van der Waals surface area contributed by atoms with E-state index in [0.29, 0.717) is 36.1 Å². The standard InChI is InChI=1S/C23H26FN3O5S2/c1-4-12-26(13-5-2)34(30,31)18-9-6-16(7-10-18)22(29)25-23-27(15-21(28)32-3)19-11-8-17(24)14-20(19)33-23/h6-11,14H,4-5,12-13,15H2,1-3H3. The van der Waals surface area contributed by atoms with Crippen LogP contribution in [0.25, 0.3) is 10.2 Å². The summed E-state index contributed by atoms with van der Waals surface area (Å²) in [5.41, 5.74) is 0.724. The quantitative estimate of drug-likeness (QED) is 0.413. The Morgan fingerprint density at radius 2 is 1.74 bits per heavy atom. The number of ether oxygens (including phenoxy) is 1. The number of amides is 1. The van der Waals surface area contributed by atoms with Crippen LogP contribution in [0.1, 0.15) is 37.0 Å². The van der Waals surface area contributed by atoms with E-state index in [4.69, 9.17) is 4.74 Å². The van der Waals surface area contributed by atoms with Gasteiger partial charge < -0.3 is 9.30 Å². The fourth-order valence-corrected chi connectivity index (χ4v) is 6.08. The molecule has 0 aliphatic heterocycles. The van der Waals surface area contributed by atoms with Crippen molar-refractivity contribution in [1.82, 2.24) is 8.87 Å². The van der Waals surface area contributed by atoms with E-state index in [2.05, 4.69) is 4.99 Å². The van der Waals surface area contributed by atoms with Gasteiger partial charge in [0, 0.05) is 18.7 Å². The predicted molar refractivity (Wildman–Crippen MR) is 127 cm³/mol. The number of hydrogen-bond acceptors (Lipinski definition) is 6. The molecule has 34 heavy (non-hydrogen) atoms. The number of esters is 1. The maximum atomic E-state index is 13.7. The van der Waals surface area contributed by atoms with Crippen LogP contribution >= 0.6 is 11.3 Å². The highest BCUT2D eigenvalue weighted by atomic mass is 32.2. The molecule has 0 bridgehead atoms. The molecule has 2 aromatic carbocycles. The Morgan fingerprint density at radius 1 is 1.09 bits per heavy atom. The van der Waals surface area contributed by atoms with Crippen LogP contribution in [0.15, 0.2) is 52.4 Å². The Bertz CT molecular complexity index is 1360. The minimum Gasteiger partial charge on any atom is -0.468 e. The number of nitrogens with zero attached hydrogens (tertiary/aromatic N) is 3. The molecule has 0 fully saturated rings. The maximum absolute atomic E-state index is 13.7. The van der Waals surface area contributed by atoms with Gasteiger partial charge in [0.1, 0.15) is 12.4 Å². The van der Waals surface area contributed by atoms with Crippen LogP contribution < -0.4 is 4.80 Å². The molecular formula is C23H26FN3O5S2. The maximum Gasteiger partial charge on any atom is 0.325 e. The summed E-state index contributed by atoms with van der Waals surface area (Å²) in [6, 6.07) is 9.66. The molecule has 182 valence electrons. The first-order valence-electron chi connectivity index (χ1n) is 10.8. The number of sulfonamides is 1. The first-order valence-corrected chi connectivity index (χ1v) is 13.0. The van der Waals surface area contributed by atoms with Gasteiger partial charge in [0.2, 0.25) is 10.0 Å². The lowest BCUT2D eigenvalue weighted by molar-refractivity contribution is -0.141. The summed E-state index contributed by atoms with van der Waals surface area (Å²) in [5, 5.41) is 0. The van der Waals surface area contributed by atoms with Crippen molar-refractivity contribution in [2.45, 2.75) is 38.1 Å². The van der Waals surface area contributed by atoms with Crippen molar-refractivity contribution in [3.8, 4) is 0 Å². The highest BCUT2D eigenvalue weighted by Crippen LogP contribution is 2.20. The van der Waals surface area contributed by atoms with Gasteiger partial charge in [0.15, 0.2) is 4.80 Å². The highest BCUT2D eigenvalue weighted by Gasteiger charge is 2.23. The Balaban J connectivity index is 1.97. The number of thiazole rings is 1. The highest BCUT2D eigenvalue weighted by molar-refractivity contribution is 7.89. The monoisotopic (exact) mass is 507 g/mol. The number of carbonyl (C=O) groups excluding carboxylic acids is 2. The molecule has 11 heteroatoms. The van der Waals surface area contributed by atoms with E-state index in [1.807, 2.05) is 13.8 Å². The number of halogens is 1. The van der Waals surface area contributed by atoms with E-state index in [1.165, 1.54) is 58.4 Å². The molecular weight excluding hydrogens is 481 g/mol. The minimum absolute atomic E-state index is 0.101. The van der Waals surface area contributed by atoms with Crippen molar-refractivity contribution in [3.05, 3.63) is 58.6 Å². The molecule has 0 aliphatic carbocycles. The van der Waals surface area contributed by atoms with Crippen LogP contribution in [-0.4, -0.2) is 49.4 Å². The van der Waals surface area contributed by atoms with E-state index in [1.54, 1.807) is 0 Å². The average molecular weight is 508 g/mol. The summed E-state index contributed by atoms with van der Waals surface area (Å²) in [6.07, 6.45) is 1.39. The van der Waals surface area contributed by atoms with E-state index in [9.17, 15) is 22.4 Å². The predicted octanol–water partition coefficient (Wildman–Crippen LogP) is 3.57. The summed E-state index contributed by atoms with van der Waals surface area (Å²) >= 11 is 1.06. The molecule has 1 amide bonds. The lowest BCUT2D eigenvalue weighted by atomic mass is 10.2. The zero-order chi connectivity index (χ0) is 24.9. The molecule has 0 saturated carbocycles. The molecule has 8 nitrogen and oxygen atoms in total. The molecule has 1 heterocycles. The van der Waals surface area contributed by atoms with E-state index in [0.717, 1.165) is 11.3 Å². The first-order chi connectivity index (χ1) is 16.2. The molecule has 0 N–H and O–H groups in total. The van der Waals surface area contributed by atoms with Gasteiger partial charge in [0.05, 0.1) is 22.2 Å². The second kappa shape index (κ2) is 11.0. The van der Waals surface area contributed by atoms with Crippen molar-refractivity contribution in [3.63, 3.8) is 0 Å².